The maximum absolute atomic E-state index is 12.4. The first kappa shape index (κ1) is 24.3. The van der Waals surface area contributed by atoms with Crippen molar-refractivity contribution in [3.8, 4) is 0 Å². The Hall–Kier alpha value is -2.84. The molecule has 1 aliphatic heterocycles. The standard InChI is InChI=1S/C26H32N4O3S/c1-18(2)22-14-24(30(3)16-19-8-5-4-6-9-19)29-26(28-22)34-17-21-11-12-23(33-21)25(31)27-15-20-10-7-13-32-20/h4-6,8-9,11-12,14,18,20H,7,10,13,15-17H2,1-3H3,(H,27,31). The van der Waals surface area contributed by atoms with Crippen molar-refractivity contribution in [3.05, 3.63) is 71.3 Å². The third kappa shape index (κ3) is 6.61. The first-order valence-corrected chi connectivity index (χ1v) is 12.7. The van der Waals surface area contributed by atoms with E-state index >= 15 is 0 Å². The van der Waals surface area contributed by atoms with Gasteiger partial charge in [-0.2, -0.15) is 0 Å². The first-order chi connectivity index (χ1) is 16.5. The molecule has 1 amide bonds. The number of carbonyl (C=O) groups is 1. The molecule has 1 N–H and O–H groups in total. The molecular weight excluding hydrogens is 448 g/mol. The van der Waals surface area contributed by atoms with E-state index in [0.29, 0.717) is 29.0 Å². The number of thioether (sulfide) groups is 1. The summed E-state index contributed by atoms with van der Waals surface area (Å²) in [6.07, 6.45) is 2.14. The lowest BCUT2D eigenvalue weighted by Crippen LogP contribution is -2.31. The molecular formula is C26H32N4O3S. The van der Waals surface area contributed by atoms with Crippen LogP contribution in [-0.4, -0.2) is 42.2 Å². The number of furan rings is 1. The van der Waals surface area contributed by atoms with Gasteiger partial charge in [0, 0.05) is 38.5 Å². The lowest BCUT2D eigenvalue weighted by molar-refractivity contribution is 0.0834. The zero-order valence-electron chi connectivity index (χ0n) is 20.0. The van der Waals surface area contributed by atoms with E-state index in [1.807, 2.05) is 31.3 Å². The molecule has 1 saturated heterocycles. The molecule has 2 aromatic heterocycles. The van der Waals surface area contributed by atoms with Crippen molar-refractivity contribution in [2.24, 2.45) is 0 Å². The number of hydrogen-bond donors (Lipinski definition) is 1. The fourth-order valence-electron chi connectivity index (χ4n) is 3.74. The van der Waals surface area contributed by atoms with Crippen molar-refractivity contribution >= 4 is 23.5 Å². The third-order valence-corrected chi connectivity index (χ3v) is 6.57. The van der Waals surface area contributed by atoms with Crippen molar-refractivity contribution in [1.82, 2.24) is 15.3 Å². The highest BCUT2D eigenvalue weighted by atomic mass is 32.2. The Kier molecular flexibility index (Phi) is 8.24. The number of nitrogens with zero attached hydrogens (tertiary/aromatic N) is 3. The number of anilines is 1. The minimum absolute atomic E-state index is 0.105. The van der Waals surface area contributed by atoms with E-state index < -0.39 is 0 Å². The molecule has 1 fully saturated rings. The van der Waals surface area contributed by atoms with Gasteiger partial charge in [-0.3, -0.25) is 4.79 Å². The van der Waals surface area contributed by atoms with Crippen LogP contribution in [0.25, 0.3) is 0 Å². The molecule has 3 heterocycles. The van der Waals surface area contributed by atoms with E-state index in [0.717, 1.165) is 37.5 Å². The molecule has 180 valence electrons. The van der Waals surface area contributed by atoms with Gasteiger partial charge in [-0.25, -0.2) is 9.97 Å². The number of aromatic nitrogens is 2. The number of benzene rings is 1. The van der Waals surface area contributed by atoms with Crippen LogP contribution in [0.15, 0.2) is 58.1 Å². The smallest absolute Gasteiger partial charge is 0.287 e. The second-order valence-electron chi connectivity index (χ2n) is 8.83. The monoisotopic (exact) mass is 480 g/mol. The fraction of sp³-hybridized carbons (Fsp3) is 0.423. The van der Waals surface area contributed by atoms with Gasteiger partial charge < -0.3 is 19.4 Å². The predicted molar refractivity (Wildman–Crippen MR) is 134 cm³/mol. The summed E-state index contributed by atoms with van der Waals surface area (Å²) in [6.45, 7) is 6.31. The largest absolute Gasteiger partial charge is 0.455 e. The lowest BCUT2D eigenvalue weighted by atomic mass is 10.1. The van der Waals surface area contributed by atoms with Crippen LogP contribution >= 0.6 is 11.8 Å². The van der Waals surface area contributed by atoms with Crippen molar-refractivity contribution in [2.75, 3.05) is 25.1 Å². The van der Waals surface area contributed by atoms with Crippen molar-refractivity contribution < 1.29 is 13.9 Å². The van der Waals surface area contributed by atoms with Crippen LogP contribution in [0.5, 0.6) is 0 Å². The number of ether oxygens (including phenoxy) is 1. The van der Waals surface area contributed by atoms with Crippen molar-refractivity contribution in [2.45, 2.75) is 56.2 Å². The van der Waals surface area contributed by atoms with Gasteiger partial charge in [-0.1, -0.05) is 55.9 Å². The molecule has 1 atom stereocenters. The number of carbonyl (C=O) groups excluding carboxylic acids is 1. The Balaban J connectivity index is 1.38. The fourth-order valence-corrected chi connectivity index (χ4v) is 4.49. The highest BCUT2D eigenvalue weighted by molar-refractivity contribution is 7.98. The van der Waals surface area contributed by atoms with Gasteiger partial charge in [0.25, 0.3) is 5.91 Å². The van der Waals surface area contributed by atoms with Crippen LogP contribution in [-0.2, 0) is 17.0 Å². The van der Waals surface area contributed by atoms with Crippen LogP contribution in [0, 0.1) is 0 Å². The lowest BCUT2D eigenvalue weighted by Gasteiger charge is -2.20. The molecule has 1 unspecified atom stereocenters. The normalized spacial score (nSPS) is 15.6. The average molecular weight is 481 g/mol. The maximum Gasteiger partial charge on any atom is 0.287 e. The third-order valence-electron chi connectivity index (χ3n) is 5.70. The Bertz CT molecular complexity index is 1080. The highest BCUT2D eigenvalue weighted by Crippen LogP contribution is 2.26. The molecule has 1 aliphatic rings. The topological polar surface area (TPSA) is 80.5 Å². The zero-order chi connectivity index (χ0) is 23.9. The van der Waals surface area contributed by atoms with Crippen LogP contribution in [0.1, 0.15) is 60.2 Å². The van der Waals surface area contributed by atoms with Crippen LogP contribution in [0.2, 0.25) is 0 Å². The van der Waals surface area contributed by atoms with Gasteiger partial charge in [-0.15, -0.1) is 0 Å². The number of hydrogen-bond acceptors (Lipinski definition) is 7. The van der Waals surface area contributed by atoms with E-state index in [4.69, 9.17) is 19.1 Å². The molecule has 3 aromatic rings. The van der Waals surface area contributed by atoms with Gasteiger partial charge in [0.2, 0.25) is 0 Å². The van der Waals surface area contributed by atoms with Crippen LogP contribution in [0.3, 0.4) is 0 Å². The predicted octanol–water partition coefficient (Wildman–Crippen LogP) is 5.03. The van der Waals surface area contributed by atoms with E-state index in [9.17, 15) is 4.79 Å². The SMILES string of the molecule is CC(C)c1cc(N(C)Cc2ccccc2)nc(SCc2ccc(C(=O)NCC3CCCO3)o2)n1. The van der Waals surface area contributed by atoms with E-state index in [-0.39, 0.29) is 17.9 Å². The minimum Gasteiger partial charge on any atom is -0.455 e. The van der Waals surface area contributed by atoms with Gasteiger partial charge in [0.05, 0.1) is 11.9 Å². The number of rotatable bonds is 10. The second kappa shape index (κ2) is 11.5. The second-order valence-corrected chi connectivity index (χ2v) is 9.77. The summed E-state index contributed by atoms with van der Waals surface area (Å²) in [5.41, 5.74) is 2.23. The molecule has 0 bridgehead atoms. The van der Waals surface area contributed by atoms with Gasteiger partial charge >= 0.3 is 0 Å². The van der Waals surface area contributed by atoms with Gasteiger partial charge in [0.15, 0.2) is 10.9 Å². The molecule has 7 nitrogen and oxygen atoms in total. The Morgan fingerprint density at radius 3 is 2.76 bits per heavy atom. The van der Waals surface area contributed by atoms with E-state index in [1.54, 1.807) is 6.07 Å². The van der Waals surface area contributed by atoms with E-state index in [1.165, 1.54) is 17.3 Å². The Labute approximate surface area is 205 Å². The van der Waals surface area contributed by atoms with Crippen LogP contribution in [0.4, 0.5) is 5.82 Å². The van der Waals surface area contributed by atoms with Crippen molar-refractivity contribution in [3.63, 3.8) is 0 Å². The van der Waals surface area contributed by atoms with Crippen LogP contribution < -0.4 is 10.2 Å². The zero-order valence-corrected chi connectivity index (χ0v) is 20.8. The Morgan fingerprint density at radius 2 is 2.03 bits per heavy atom. The number of nitrogens with one attached hydrogen (secondary N) is 1. The maximum atomic E-state index is 12.4. The summed E-state index contributed by atoms with van der Waals surface area (Å²) >= 11 is 1.51. The molecule has 34 heavy (non-hydrogen) atoms. The minimum atomic E-state index is -0.213. The molecule has 1 aromatic carbocycles. The van der Waals surface area contributed by atoms with Gasteiger partial charge in [-0.05, 0) is 36.5 Å². The summed E-state index contributed by atoms with van der Waals surface area (Å²) in [5, 5.41) is 3.59. The quantitative estimate of drug-likeness (QED) is 0.322. The van der Waals surface area contributed by atoms with Crippen molar-refractivity contribution in [1.29, 1.82) is 0 Å². The summed E-state index contributed by atoms with van der Waals surface area (Å²) in [4.78, 5) is 24.0. The van der Waals surface area contributed by atoms with Gasteiger partial charge in [0.1, 0.15) is 11.6 Å². The molecule has 0 radical (unpaired) electrons. The summed E-state index contributed by atoms with van der Waals surface area (Å²) in [5.74, 6) is 2.53. The average Bonchev–Trinajstić information content (AvgIpc) is 3.54. The van der Waals surface area contributed by atoms with E-state index in [2.05, 4.69) is 42.3 Å². The summed E-state index contributed by atoms with van der Waals surface area (Å²) < 4.78 is 11.3. The summed E-state index contributed by atoms with van der Waals surface area (Å²) in [6, 6.07) is 15.9. The molecule has 8 heteroatoms. The molecule has 0 spiro atoms. The number of amides is 1. The Morgan fingerprint density at radius 1 is 1.21 bits per heavy atom. The highest BCUT2D eigenvalue weighted by Gasteiger charge is 2.18. The summed E-state index contributed by atoms with van der Waals surface area (Å²) in [7, 11) is 2.04. The molecule has 0 aliphatic carbocycles. The first-order valence-electron chi connectivity index (χ1n) is 11.7. The molecule has 4 rings (SSSR count). The molecule has 0 saturated carbocycles.